The molecule has 2 aromatic carbocycles. The van der Waals surface area contributed by atoms with Crippen molar-refractivity contribution >= 4 is 11.8 Å². The molecule has 0 amide bonds. The first-order valence-electron chi connectivity index (χ1n) is 6.01. The molecule has 0 atom stereocenters. The molecule has 0 heterocycles. The topological polar surface area (TPSA) is 62.4 Å². The quantitative estimate of drug-likeness (QED) is 0.481. The Morgan fingerprint density at radius 2 is 1.70 bits per heavy atom. The van der Waals surface area contributed by atoms with Gasteiger partial charge in [-0.05, 0) is 60.4 Å². The van der Waals surface area contributed by atoms with Crippen LogP contribution in [0.2, 0.25) is 0 Å². The monoisotopic (exact) mass is 264 g/mol. The Morgan fingerprint density at radius 1 is 1.05 bits per heavy atom. The Kier molecular flexibility index (Phi) is 3.95. The molecule has 0 aliphatic carbocycles. The van der Waals surface area contributed by atoms with E-state index in [1.807, 2.05) is 38.1 Å². The Labute approximate surface area is 117 Å². The number of hydrogen-bond donors (Lipinski definition) is 0. The highest BCUT2D eigenvalue weighted by Crippen LogP contribution is 2.29. The molecule has 4 nitrogen and oxygen atoms in total. The SMILES string of the molecule is Cc1cc(-c2ccc(OC#N)c(C)c2)ccc1N=C=O. The zero-order valence-electron chi connectivity index (χ0n) is 11.2. The van der Waals surface area contributed by atoms with Gasteiger partial charge in [-0.25, -0.2) is 4.79 Å². The van der Waals surface area contributed by atoms with Crippen molar-refractivity contribution in [2.24, 2.45) is 4.99 Å². The van der Waals surface area contributed by atoms with E-state index in [9.17, 15) is 4.79 Å². The number of rotatable bonds is 3. The highest BCUT2D eigenvalue weighted by atomic mass is 16.5. The highest BCUT2D eigenvalue weighted by Gasteiger charge is 2.05. The molecule has 4 heteroatoms. The van der Waals surface area contributed by atoms with Crippen LogP contribution < -0.4 is 4.74 Å². The molecule has 98 valence electrons. The van der Waals surface area contributed by atoms with Crippen molar-refractivity contribution < 1.29 is 9.53 Å². The molecular weight excluding hydrogens is 252 g/mol. The Hall–Kier alpha value is -2.89. The summed E-state index contributed by atoms with van der Waals surface area (Å²) in [5, 5.41) is 8.53. The van der Waals surface area contributed by atoms with Gasteiger partial charge in [0.25, 0.3) is 6.26 Å². The summed E-state index contributed by atoms with van der Waals surface area (Å²) >= 11 is 0. The van der Waals surface area contributed by atoms with Crippen LogP contribution >= 0.6 is 0 Å². The Balaban J connectivity index is 2.42. The summed E-state index contributed by atoms with van der Waals surface area (Å²) in [6.07, 6.45) is 3.21. The first kappa shape index (κ1) is 13.5. The molecule has 0 unspecified atom stereocenters. The van der Waals surface area contributed by atoms with Gasteiger partial charge in [0, 0.05) is 0 Å². The molecule has 2 rings (SSSR count). The maximum atomic E-state index is 10.3. The molecule has 0 saturated carbocycles. The minimum absolute atomic E-state index is 0.551. The van der Waals surface area contributed by atoms with E-state index >= 15 is 0 Å². The van der Waals surface area contributed by atoms with E-state index in [1.165, 1.54) is 0 Å². The van der Waals surface area contributed by atoms with Crippen molar-refractivity contribution in [1.29, 1.82) is 5.26 Å². The van der Waals surface area contributed by atoms with Crippen LogP contribution in [-0.2, 0) is 4.79 Å². The average molecular weight is 264 g/mol. The first-order valence-corrected chi connectivity index (χ1v) is 6.01. The molecule has 0 saturated heterocycles. The van der Waals surface area contributed by atoms with E-state index in [2.05, 4.69) is 4.99 Å². The van der Waals surface area contributed by atoms with E-state index in [1.54, 1.807) is 24.5 Å². The van der Waals surface area contributed by atoms with Crippen LogP contribution in [0.25, 0.3) is 11.1 Å². The third kappa shape index (κ3) is 2.74. The molecular formula is C16H12N2O2. The number of nitrogens with zero attached hydrogens (tertiary/aromatic N) is 2. The van der Waals surface area contributed by atoms with E-state index < -0.39 is 0 Å². The van der Waals surface area contributed by atoms with E-state index in [-0.39, 0.29) is 0 Å². The molecule has 0 aliphatic heterocycles. The summed E-state index contributed by atoms with van der Waals surface area (Å²) < 4.78 is 4.85. The van der Waals surface area contributed by atoms with Crippen LogP contribution in [-0.4, -0.2) is 6.08 Å². The lowest BCUT2D eigenvalue weighted by Crippen LogP contribution is -1.88. The first-order chi connectivity index (χ1) is 9.65. The summed E-state index contributed by atoms with van der Waals surface area (Å²) in [5.41, 5.74) is 4.43. The standard InChI is InChI=1S/C16H12N2O2/c1-11-7-13(3-5-15(11)18-10-19)14-4-6-16(20-9-17)12(2)8-14/h3-8H,1-2H3. The highest BCUT2D eigenvalue weighted by molar-refractivity contribution is 5.69. The molecule has 2 aromatic rings. The fourth-order valence-electron chi connectivity index (χ4n) is 2.00. The maximum Gasteiger partial charge on any atom is 0.292 e. The second-order valence-corrected chi connectivity index (χ2v) is 4.38. The molecule has 0 N–H and O–H groups in total. The predicted molar refractivity (Wildman–Crippen MR) is 75.4 cm³/mol. The molecule has 20 heavy (non-hydrogen) atoms. The van der Waals surface area contributed by atoms with Gasteiger partial charge in [0.05, 0.1) is 5.69 Å². The Bertz CT molecular complexity index is 739. The fraction of sp³-hybridized carbons (Fsp3) is 0.125. The predicted octanol–water partition coefficient (Wildman–Crippen LogP) is 3.80. The van der Waals surface area contributed by atoms with E-state index in [0.717, 1.165) is 22.3 Å². The third-order valence-electron chi connectivity index (χ3n) is 3.03. The minimum atomic E-state index is 0.551. The molecule has 0 aliphatic rings. The van der Waals surface area contributed by atoms with Gasteiger partial charge in [-0.3, -0.25) is 0 Å². The summed E-state index contributed by atoms with van der Waals surface area (Å²) in [7, 11) is 0. The number of hydrogen-bond acceptors (Lipinski definition) is 4. The second-order valence-electron chi connectivity index (χ2n) is 4.38. The van der Waals surface area contributed by atoms with E-state index in [0.29, 0.717) is 11.4 Å². The number of aliphatic imine (C=N–C) groups is 1. The van der Waals surface area contributed by atoms with Gasteiger partial charge in [-0.2, -0.15) is 4.99 Å². The summed E-state index contributed by atoms with van der Waals surface area (Å²) in [6, 6.07) is 11.2. The molecule has 0 radical (unpaired) electrons. The Morgan fingerprint density at radius 3 is 2.25 bits per heavy atom. The van der Waals surface area contributed by atoms with Gasteiger partial charge in [0.2, 0.25) is 6.08 Å². The van der Waals surface area contributed by atoms with Gasteiger partial charge >= 0.3 is 0 Å². The summed E-state index contributed by atoms with van der Waals surface area (Å²) in [5.74, 6) is 0.551. The number of ether oxygens (including phenoxy) is 1. The van der Waals surface area contributed by atoms with Crippen molar-refractivity contribution in [2.75, 3.05) is 0 Å². The van der Waals surface area contributed by atoms with Crippen molar-refractivity contribution in [1.82, 2.24) is 0 Å². The van der Waals surface area contributed by atoms with Gasteiger partial charge in [-0.1, -0.05) is 12.1 Å². The largest absolute Gasteiger partial charge is 0.388 e. The van der Waals surface area contributed by atoms with Crippen LogP contribution in [0.15, 0.2) is 41.4 Å². The normalized spacial score (nSPS) is 9.45. The van der Waals surface area contributed by atoms with Gasteiger partial charge in [-0.15, -0.1) is 5.26 Å². The van der Waals surface area contributed by atoms with E-state index in [4.69, 9.17) is 10.00 Å². The number of aryl methyl sites for hydroxylation is 2. The zero-order chi connectivity index (χ0) is 14.5. The molecule has 0 spiro atoms. The van der Waals surface area contributed by atoms with Gasteiger partial charge in [0.1, 0.15) is 5.75 Å². The molecule has 0 aromatic heterocycles. The molecule has 0 bridgehead atoms. The summed E-state index contributed by atoms with van der Waals surface area (Å²) in [4.78, 5) is 13.9. The fourth-order valence-corrected chi connectivity index (χ4v) is 2.00. The zero-order valence-corrected chi connectivity index (χ0v) is 11.2. The smallest absolute Gasteiger partial charge is 0.292 e. The average Bonchev–Trinajstić information content (AvgIpc) is 2.44. The maximum absolute atomic E-state index is 10.3. The lowest BCUT2D eigenvalue weighted by molar-refractivity contribution is 0.503. The lowest BCUT2D eigenvalue weighted by atomic mass is 10.0. The van der Waals surface area contributed by atoms with Crippen LogP contribution in [0, 0.1) is 25.4 Å². The summed E-state index contributed by atoms with van der Waals surface area (Å²) in [6.45, 7) is 3.77. The van der Waals surface area contributed by atoms with Crippen molar-refractivity contribution in [3.05, 3.63) is 47.5 Å². The second kappa shape index (κ2) is 5.83. The van der Waals surface area contributed by atoms with Gasteiger partial charge in [0.15, 0.2) is 0 Å². The number of isocyanates is 1. The van der Waals surface area contributed by atoms with Crippen molar-refractivity contribution in [3.63, 3.8) is 0 Å². The van der Waals surface area contributed by atoms with Crippen LogP contribution in [0.5, 0.6) is 5.75 Å². The minimum Gasteiger partial charge on any atom is -0.388 e. The van der Waals surface area contributed by atoms with Gasteiger partial charge < -0.3 is 4.74 Å². The number of carbonyl (C=O) groups excluding carboxylic acids is 1. The van der Waals surface area contributed by atoms with Crippen molar-refractivity contribution in [3.8, 4) is 23.1 Å². The van der Waals surface area contributed by atoms with Crippen LogP contribution in [0.4, 0.5) is 5.69 Å². The van der Waals surface area contributed by atoms with Crippen LogP contribution in [0.3, 0.4) is 0 Å². The third-order valence-corrected chi connectivity index (χ3v) is 3.03. The number of nitriles is 1. The van der Waals surface area contributed by atoms with Crippen LogP contribution in [0.1, 0.15) is 11.1 Å². The van der Waals surface area contributed by atoms with Crippen molar-refractivity contribution in [2.45, 2.75) is 13.8 Å². The lowest BCUT2D eigenvalue weighted by Gasteiger charge is -2.08. The number of benzene rings is 2. The molecule has 0 fully saturated rings.